The van der Waals surface area contributed by atoms with Crippen LogP contribution in [0.25, 0.3) is 22.3 Å². The largest absolute Gasteiger partial charge is 0.480 e. The van der Waals surface area contributed by atoms with Crippen molar-refractivity contribution in [2.24, 2.45) is 0 Å². The highest BCUT2D eigenvalue weighted by atomic mass is 32.2. The third kappa shape index (κ3) is 8.07. The molecular weight excluding hydrogens is 643 g/mol. The summed E-state index contributed by atoms with van der Waals surface area (Å²) in [5.74, 6) is -1.42. The number of halogens is 3. The van der Waals surface area contributed by atoms with Gasteiger partial charge < -0.3 is 14.5 Å². The molecule has 1 unspecified atom stereocenters. The van der Waals surface area contributed by atoms with E-state index in [2.05, 4.69) is 9.88 Å². The van der Waals surface area contributed by atoms with Gasteiger partial charge in [0.15, 0.2) is 5.76 Å². The highest BCUT2D eigenvalue weighted by Crippen LogP contribution is 2.31. The number of rotatable bonds is 12. The summed E-state index contributed by atoms with van der Waals surface area (Å²) in [5, 5.41) is 14.2. The number of carbonyl (C=O) groups is 2. The molecule has 5 aromatic rings. The predicted octanol–water partition coefficient (Wildman–Crippen LogP) is 7.09. The number of aryl methyl sites for hydroxylation is 2. The second-order valence-corrected chi connectivity index (χ2v) is 12.3. The summed E-state index contributed by atoms with van der Waals surface area (Å²) >= 11 is 0. The molecule has 1 aromatic heterocycles. The molecule has 0 saturated heterocycles. The van der Waals surface area contributed by atoms with Crippen LogP contribution >= 0.6 is 0 Å². The average molecular weight is 676 g/mol. The van der Waals surface area contributed by atoms with Crippen LogP contribution in [0.1, 0.15) is 32.9 Å². The molecule has 0 spiro atoms. The molecule has 0 fully saturated rings. The number of hydrogen-bond acceptors (Lipinski definition) is 5. The number of carbonyl (C=O) groups excluding carboxylic acids is 1. The maximum absolute atomic E-state index is 13.9. The lowest BCUT2D eigenvalue weighted by Gasteiger charge is -2.29. The Labute approximate surface area is 277 Å². The third-order valence-electron chi connectivity index (χ3n) is 7.83. The second kappa shape index (κ2) is 14.8. The van der Waals surface area contributed by atoms with Gasteiger partial charge >= 0.3 is 12.1 Å². The van der Waals surface area contributed by atoms with Gasteiger partial charge in [0, 0.05) is 25.1 Å². The van der Waals surface area contributed by atoms with Crippen molar-refractivity contribution in [3.8, 4) is 22.3 Å². The number of aromatic nitrogens is 1. The molecule has 12 heteroatoms. The van der Waals surface area contributed by atoms with Crippen molar-refractivity contribution in [2.75, 3.05) is 13.1 Å². The minimum absolute atomic E-state index is 0.00668. The molecule has 48 heavy (non-hydrogen) atoms. The molecule has 0 radical (unpaired) electrons. The van der Waals surface area contributed by atoms with Gasteiger partial charge in [-0.05, 0) is 65.9 Å². The molecule has 0 saturated carbocycles. The van der Waals surface area contributed by atoms with E-state index in [0.717, 1.165) is 23.3 Å². The van der Waals surface area contributed by atoms with Crippen LogP contribution in [0.15, 0.2) is 113 Å². The van der Waals surface area contributed by atoms with Gasteiger partial charge in [-0.15, -0.1) is 0 Å². The SMILES string of the molecule is Cc1noc(C)c1S(=O)NCCN(C(=O)c1ccc(-c2ccc(C(F)(F)F)cc2)cc1)[C@@H](Cc1ccc(-c2ccccc2)cc1)C(=O)O. The first-order valence-corrected chi connectivity index (χ1v) is 16.1. The molecule has 8 nitrogen and oxygen atoms in total. The van der Waals surface area contributed by atoms with Gasteiger partial charge in [0.05, 0.1) is 11.3 Å². The summed E-state index contributed by atoms with van der Waals surface area (Å²) < 4.78 is 60.0. The van der Waals surface area contributed by atoms with E-state index in [9.17, 15) is 32.1 Å². The van der Waals surface area contributed by atoms with Crippen molar-refractivity contribution in [2.45, 2.75) is 37.4 Å². The van der Waals surface area contributed by atoms with E-state index in [-0.39, 0.29) is 25.1 Å². The number of benzene rings is 4. The van der Waals surface area contributed by atoms with E-state index in [0.29, 0.717) is 33.0 Å². The quantitative estimate of drug-likeness (QED) is 0.146. The van der Waals surface area contributed by atoms with Gasteiger partial charge in [-0.2, -0.15) is 13.2 Å². The Morgan fingerprint density at radius 3 is 1.92 bits per heavy atom. The first kappa shape index (κ1) is 34.3. The van der Waals surface area contributed by atoms with Gasteiger partial charge in [-0.3, -0.25) is 4.79 Å². The number of nitrogens with zero attached hydrogens (tertiary/aromatic N) is 2. The summed E-state index contributed by atoms with van der Waals surface area (Å²) in [6.07, 6.45) is -4.45. The van der Waals surface area contributed by atoms with Crippen LogP contribution in [0.4, 0.5) is 13.2 Å². The molecule has 2 N–H and O–H groups in total. The van der Waals surface area contributed by atoms with Crippen molar-refractivity contribution in [3.05, 3.63) is 131 Å². The first-order chi connectivity index (χ1) is 22.9. The smallest absolute Gasteiger partial charge is 0.416 e. The van der Waals surface area contributed by atoms with Crippen LogP contribution in [-0.4, -0.2) is 50.4 Å². The van der Waals surface area contributed by atoms with Gasteiger partial charge in [0.2, 0.25) is 0 Å². The van der Waals surface area contributed by atoms with Crippen LogP contribution in [0, 0.1) is 13.8 Å². The molecule has 4 aromatic carbocycles. The van der Waals surface area contributed by atoms with Crippen molar-refractivity contribution in [1.82, 2.24) is 14.8 Å². The summed E-state index contributed by atoms with van der Waals surface area (Å²) in [6.45, 7) is 3.16. The molecular formula is C36H32F3N3O5S. The highest BCUT2D eigenvalue weighted by molar-refractivity contribution is 7.83. The summed E-state index contributed by atoms with van der Waals surface area (Å²) in [7, 11) is -1.73. The van der Waals surface area contributed by atoms with E-state index >= 15 is 0 Å². The van der Waals surface area contributed by atoms with Gasteiger partial charge in [-0.1, -0.05) is 84.0 Å². The molecule has 248 valence electrons. The van der Waals surface area contributed by atoms with E-state index in [4.69, 9.17) is 4.52 Å². The minimum atomic E-state index is -4.46. The molecule has 0 aliphatic carbocycles. The standard InChI is InChI=1S/C36H32F3N3O5S/c1-23-33(24(2)47-41-23)48(46)40-20-21-42(32(35(44)45)22-25-8-10-27(11-9-25)26-6-4-3-5-7-26)34(43)30-14-12-28(13-15-30)29-16-18-31(19-17-29)36(37,38)39/h3-19,32,40H,20-22H2,1-2H3,(H,44,45)/t32-,48?/m0/s1. The van der Waals surface area contributed by atoms with Crippen LogP contribution in [0.2, 0.25) is 0 Å². The maximum atomic E-state index is 13.9. The second-order valence-electron chi connectivity index (χ2n) is 11.1. The lowest BCUT2D eigenvalue weighted by molar-refractivity contribution is -0.142. The Balaban J connectivity index is 1.38. The van der Waals surface area contributed by atoms with Crippen LogP contribution in [0.5, 0.6) is 0 Å². The summed E-state index contributed by atoms with van der Waals surface area (Å²) in [4.78, 5) is 28.2. The molecule has 1 heterocycles. The van der Waals surface area contributed by atoms with E-state index < -0.39 is 40.6 Å². The fraction of sp³-hybridized carbons (Fsp3) is 0.194. The number of alkyl halides is 3. The number of carboxylic acids is 1. The number of nitrogens with one attached hydrogen (secondary N) is 1. The van der Waals surface area contributed by atoms with Crippen molar-refractivity contribution in [1.29, 1.82) is 0 Å². The molecule has 5 rings (SSSR count). The van der Waals surface area contributed by atoms with Crippen molar-refractivity contribution in [3.63, 3.8) is 0 Å². The van der Waals surface area contributed by atoms with E-state index in [1.54, 1.807) is 26.0 Å². The molecule has 1 amide bonds. The lowest BCUT2D eigenvalue weighted by atomic mass is 9.99. The number of carboxylic acid groups (broad SMARTS) is 1. The van der Waals surface area contributed by atoms with Crippen molar-refractivity contribution >= 4 is 22.9 Å². The van der Waals surface area contributed by atoms with E-state index in [1.807, 2.05) is 54.6 Å². The van der Waals surface area contributed by atoms with Crippen LogP contribution in [-0.2, 0) is 28.4 Å². The topological polar surface area (TPSA) is 113 Å². The Kier molecular flexibility index (Phi) is 10.6. The van der Waals surface area contributed by atoms with Gasteiger partial charge in [0.1, 0.15) is 21.9 Å². The average Bonchev–Trinajstić information content (AvgIpc) is 3.43. The monoisotopic (exact) mass is 675 g/mol. The number of aliphatic carboxylic acids is 1. The Hall–Kier alpha value is -5.07. The van der Waals surface area contributed by atoms with Crippen LogP contribution < -0.4 is 4.72 Å². The fourth-order valence-electron chi connectivity index (χ4n) is 5.31. The van der Waals surface area contributed by atoms with Gasteiger partial charge in [0.25, 0.3) is 5.91 Å². The third-order valence-corrected chi connectivity index (χ3v) is 9.25. The fourth-order valence-corrected chi connectivity index (χ4v) is 6.33. The zero-order valence-electron chi connectivity index (χ0n) is 26.0. The molecule has 2 atom stereocenters. The van der Waals surface area contributed by atoms with E-state index in [1.165, 1.54) is 29.2 Å². The minimum Gasteiger partial charge on any atom is -0.480 e. The Morgan fingerprint density at radius 1 is 0.854 bits per heavy atom. The Bertz CT molecular complexity index is 1870. The molecule has 0 aliphatic rings. The lowest BCUT2D eigenvalue weighted by Crippen LogP contribution is -2.49. The van der Waals surface area contributed by atoms with Gasteiger partial charge in [-0.25, -0.2) is 13.7 Å². The predicted molar refractivity (Wildman–Crippen MR) is 175 cm³/mol. The summed E-state index contributed by atoms with van der Waals surface area (Å²) in [5.41, 5.74) is 3.62. The maximum Gasteiger partial charge on any atom is 0.416 e. The first-order valence-electron chi connectivity index (χ1n) is 15.0. The summed E-state index contributed by atoms with van der Waals surface area (Å²) in [6, 6.07) is 26.7. The molecule has 0 aliphatic heterocycles. The number of amides is 1. The zero-order chi connectivity index (χ0) is 34.4. The molecule has 0 bridgehead atoms. The Morgan fingerprint density at radius 2 is 1.40 bits per heavy atom. The van der Waals surface area contributed by atoms with Crippen molar-refractivity contribution < 1.29 is 36.6 Å². The zero-order valence-corrected chi connectivity index (χ0v) is 26.8. The highest BCUT2D eigenvalue weighted by Gasteiger charge is 2.32. The normalized spacial score (nSPS) is 12.8. The number of hydrogen-bond donors (Lipinski definition) is 2. The van der Waals surface area contributed by atoms with Crippen LogP contribution in [0.3, 0.4) is 0 Å².